The van der Waals surface area contributed by atoms with Gasteiger partial charge < -0.3 is 11.1 Å². The van der Waals surface area contributed by atoms with Gasteiger partial charge in [-0.1, -0.05) is 23.7 Å². The minimum Gasteiger partial charge on any atom is -0.399 e. The van der Waals surface area contributed by atoms with Crippen molar-refractivity contribution in [3.8, 4) is 0 Å². The van der Waals surface area contributed by atoms with Gasteiger partial charge >= 0.3 is 0 Å². The molecule has 0 aromatic heterocycles. The van der Waals surface area contributed by atoms with E-state index in [1.54, 1.807) is 36.4 Å². The molecular weight excluding hydrogens is 340 g/mol. The van der Waals surface area contributed by atoms with Gasteiger partial charge in [-0.15, -0.1) is 0 Å². The van der Waals surface area contributed by atoms with E-state index in [-0.39, 0.29) is 5.91 Å². The van der Waals surface area contributed by atoms with Crippen molar-refractivity contribution in [3.05, 3.63) is 63.6 Å². The molecule has 0 spiro atoms. The molecule has 5 heteroatoms. The third-order valence-electron chi connectivity index (χ3n) is 2.52. The van der Waals surface area contributed by atoms with Crippen LogP contribution in [0.25, 0.3) is 6.08 Å². The first-order chi connectivity index (χ1) is 9.54. The highest BCUT2D eigenvalue weighted by Gasteiger charge is 2.01. The molecule has 0 saturated carbocycles. The number of halogens is 2. The number of anilines is 2. The smallest absolute Gasteiger partial charge is 0.248 e. The SMILES string of the molecule is Nc1cccc(/C=C/C(=O)Nc2ccc(Cl)c(Br)c2)c1. The quantitative estimate of drug-likeness (QED) is 0.638. The highest BCUT2D eigenvalue weighted by Crippen LogP contribution is 2.25. The summed E-state index contributed by atoms with van der Waals surface area (Å²) in [5.41, 5.74) is 7.87. The summed E-state index contributed by atoms with van der Waals surface area (Å²) in [7, 11) is 0. The number of hydrogen-bond acceptors (Lipinski definition) is 2. The number of nitrogens with two attached hydrogens (primary N) is 1. The molecule has 0 unspecified atom stereocenters. The predicted molar refractivity (Wildman–Crippen MR) is 87.7 cm³/mol. The average Bonchev–Trinajstić information content (AvgIpc) is 2.41. The zero-order valence-electron chi connectivity index (χ0n) is 10.4. The fourth-order valence-electron chi connectivity index (χ4n) is 1.59. The summed E-state index contributed by atoms with van der Waals surface area (Å²) in [4.78, 5) is 11.8. The van der Waals surface area contributed by atoms with Gasteiger partial charge in [0.05, 0.1) is 5.02 Å². The van der Waals surface area contributed by atoms with E-state index in [2.05, 4.69) is 21.2 Å². The van der Waals surface area contributed by atoms with Crippen LogP contribution in [-0.2, 0) is 4.79 Å². The lowest BCUT2D eigenvalue weighted by molar-refractivity contribution is -0.111. The molecule has 20 heavy (non-hydrogen) atoms. The van der Waals surface area contributed by atoms with Gasteiger partial charge in [0, 0.05) is 21.9 Å². The van der Waals surface area contributed by atoms with Gasteiger partial charge in [0.15, 0.2) is 0 Å². The number of hydrogen-bond donors (Lipinski definition) is 2. The Bertz CT molecular complexity index is 671. The Morgan fingerprint density at radius 2 is 2.05 bits per heavy atom. The van der Waals surface area contributed by atoms with Gasteiger partial charge in [-0.2, -0.15) is 0 Å². The number of nitrogens with one attached hydrogen (secondary N) is 1. The van der Waals surface area contributed by atoms with E-state index in [1.807, 2.05) is 12.1 Å². The van der Waals surface area contributed by atoms with Crippen LogP contribution in [0.5, 0.6) is 0 Å². The fourth-order valence-corrected chi connectivity index (χ4v) is 2.09. The molecule has 1 amide bonds. The van der Waals surface area contributed by atoms with Gasteiger partial charge in [-0.3, -0.25) is 4.79 Å². The summed E-state index contributed by atoms with van der Waals surface area (Å²) in [6.07, 6.45) is 3.16. The van der Waals surface area contributed by atoms with Crippen LogP contribution in [0.4, 0.5) is 11.4 Å². The van der Waals surface area contributed by atoms with Crippen molar-refractivity contribution in [2.45, 2.75) is 0 Å². The molecule has 3 nitrogen and oxygen atoms in total. The number of nitrogen functional groups attached to an aromatic ring is 1. The summed E-state index contributed by atoms with van der Waals surface area (Å²) in [5, 5.41) is 3.34. The van der Waals surface area contributed by atoms with Crippen molar-refractivity contribution >= 4 is 50.9 Å². The maximum atomic E-state index is 11.8. The molecule has 0 aliphatic carbocycles. The first-order valence-corrected chi connectivity index (χ1v) is 7.01. The minimum absolute atomic E-state index is 0.221. The average molecular weight is 352 g/mol. The van der Waals surface area contributed by atoms with Crippen LogP contribution in [0.1, 0.15) is 5.56 Å². The molecule has 3 N–H and O–H groups in total. The van der Waals surface area contributed by atoms with Crippen molar-refractivity contribution in [1.82, 2.24) is 0 Å². The van der Waals surface area contributed by atoms with E-state index in [9.17, 15) is 4.79 Å². The molecule has 0 heterocycles. The van der Waals surface area contributed by atoms with Crippen molar-refractivity contribution < 1.29 is 4.79 Å². The number of benzene rings is 2. The van der Waals surface area contributed by atoms with E-state index >= 15 is 0 Å². The molecule has 0 aliphatic heterocycles. The third-order valence-corrected chi connectivity index (χ3v) is 3.74. The van der Waals surface area contributed by atoms with Crippen molar-refractivity contribution in [2.75, 3.05) is 11.1 Å². The maximum absolute atomic E-state index is 11.8. The predicted octanol–water partition coefficient (Wildman–Crippen LogP) is 4.34. The van der Waals surface area contributed by atoms with E-state index in [0.29, 0.717) is 16.4 Å². The normalized spacial score (nSPS) is 10.7. The van der Waals surface area contributed by atoms with Crippen LogP contribution < -0.4 is 11.1 Å². The van der Waals surface area contributed by atoms with Gasteiger partial charge in [0.2, 0.25) is 5.91 Å². The molecule has 2 rings (SSSR count). The first kappa shape index (κ1) is 14.6. The Balaban J connectivity index is 2.03. The third kappa shape index (κ3) is 4.11. The second-order valence-electron chi connectivity index (χ2n) is 4.12. The van der Waals surface area contributed by atoms with Crippen molar-refractivity contribution in [1.29, 1.82) is 0 Å². The van der Waals surface area contributed by atoms with Gasteiger partial charge in [-0.25, -0.2) is 0 Å². The Morgan fingerprint density at radius 1 is 1.25 bits per heavy atom. The highest BCUT2D eigenvalue weighted by atomic mass is 79.9. The number of carbonyl (C=O) groups is 1. The van der Waals surface area contributed by atoms with Gasteiger partial charge in [0.1, 0.15) is 0 Å². The van der Waals surface area contributed by atoms with E-state index in [1.165, 1.54) is 6.08 Å². The Morgan fingerprint density at radius 3 is 2.75 bits per heavy atom. The number of rotatable bonds is 3. The maximum Gasteiger partial charge on any atom is 0.248 e. The molecule has 0 atom stereocenters. The molecule has 2 aromatic rings. The van der Waals surface area contributed by atoms with Crippen LogP contribution in [0.2, 0.25) is 5.02 Å². The lowest BCUT2D eigenvalue weighted by Crippen LogP contribution is -2.07. The summed E-state index contributed by atoms with van der Waals surface area (Å²) in [6.45, 7) is 0. The number of carbonyl (C=O) groups excluding carboxylic acids is 1. The summed E-state index contributed by atoms with van der Waals surface area (Å²) >= 11 is 9.19. The molecule has 0 fully saturated rings. The molecular formula is C15H12BrClN2O. The molecule has 0 aliphatic rings. The van der Waals surface area contributed by atoms with E-state index in [0.717, 1.165) is 10.0 Å². The zero-order chi connectivity index (χ0) is 14.5. The van der Waals surface area contributed by atoms with Crippen LogP contribution in [0, 0.1) is 0 Å². The minimum atomic E-state index is -0.221. The molecule has 2 aromatic carbocycles. The molecule has 102 valence electrons. The van der Waals surface area contributed by atoms with E-state index < -0.39 is 0 Å². The van der Waals surface area contributed by atoms with Gasteiger partial charge in [-0.05, 0) is 57.9 Å². The highest BCUT2D eigenvalue weighted by molar-refractivity contribution is 9.10. The Kier molecular flexibility index (Phi) is 4.82. The van der Waals surface area contributed by atoms with Crippen molar-refractivity contribution in [2.24, 2.45) is 0 Å². The second-order valence-corrected chi connectivity index (χ2v) is 5.38. The first-order valence-electron chi connectivity index (χ1n) is 5.84. The molecule has 0 bridgehead atoms. The van der Waals surface area contributed by atoms with Gasteiger partial charge in [0.25, 0.3) is 0 Å². The molecule has 0 saturated heterocycles. The van der Waals surface area contributed by atoms with Crippen molar-refractivity contribution in [3.63, 3.8) is 0 Å². The van der Waals surface area contributed by atoms with Crippen LogP contribution in [-0.4, -0.2) is 5.91 Å². The second kappa shape index (κ2) is 6.59. The largest absolute Gasteiger partial charge is 0.399 e. The lowest BCUT2D eigenvalue weighted by Gasteiger charge is -2.03. The zero-order valence-corrected chi connectivity index (χ0v) is 12.8. The lowest BCUT2D eigenvalue weighted by atomic mass is 10.2. The van der Waals surface area contributed by atoms with Crippen LogP contribution >= 0.6 is 27.5 Å². The van der Waals surface area contributed by atoms with Crippen LogP contribution in [0.15, 0.2) is 53.0 Å². The monoisotopic (exact) mass is 350 g/mol. The summed E-state index contributed by atoms with van der Waals surface area (Å²) in [6, 6.07) is 12.5. The Hall–Kier alpha value is -1.78. The Labute approximate surface area is 130 Å². The van der Waals surface area contributed by atoms with Crippen LogP contribution in [0.3, 0.4) is 0 Å². The summed E-state index contributed by atoms with van der Waals surface area (Å²) in [5.74, 6) is -0.221. The van der Waals surface area contributed by atoms with E-state index in [4.69, 9.17) is 17.3 Å². The molecule has 0 radical (unpaired) electrons. The standard InChI is InChI=1S/C15H12BrClN2O/c16-13-9-12(5-6-14(13)17)19-15(20)7-4-10-2-1-3-11(18)8-10/h1-9H,18H2,(H,19,20)/b7-4+. The topological polar surface area (TPSA) is 55.1 Å². The summed E-state index contributed by atoms with van der Waals surface area (Å²) < 4.78 is 0.733. The fraction of sp³-hybridized carbons (Fsp3) is 0. The number of amides is 1.